The third-order valence-corrected chi connectivity index (χ3v) is 13.2. The topological polar surface area (TPSA) is 153 Å². The number of hydrogen-bond donors (Lipinski definition) is 3. The van der Waals surface area contributed by atoms with Gasteiger partial charge in [0.25, 0.3) is 0 Å². The molecule has 13 nitrogen and oxygen atoms in total. The lowest BCUT2D eigenvalue weighted by Crippen LogP contribution is -2.43. The first-order chi connectivity index (χ1) is 33.4. The molecule has 13 heteroatoms. The largest absolute Gasteiger partial charge is 0.478 e. The average Bonchev–Trinajstić information content (AvgIpc) is 4.03. The molecule has 0 saturated carbocycles. The predicted molar refractivity (Wildman–Crippen MR) is 268 cm³/mol. The molecule has 336 valence electrons. The van der Waals surface area contributed by atoms with Crippen molar-refractivity contribution in [2.75, 3.05) is 49.1 Å². The monoisotopic (exact) mass is 897 g/mol. The summed E-state index contributed by atoms with van der Waals surface area (Å²) >= 11 is 0. The van der Waals surface area contributed by atoms with Crippen molar-refractivity contribution in [1.29, 1.82) is 0 Å². The summed E-state index contributed by atoms with van der Waals surface area (Å²) in [5.74, 6) is -1.87. The standard InChI is InChI=1S/C28H24N4O2.C27H23N5O2/c33-28(34)25-9-5-6-22-23(25)7-4-8-24(22)26-17-30-32-18-20(16-29-27(26)32)19-10-12-21(13-11-19)31-14-2-1-3-15-31;33-27(34)24-6-2-3-21-22(24)4-1-5-23(21)25-16-30-32-17-19(15-29-26(25)32)18-7-9-20(10-8-18)31-13-11-28-12-14-31/h4-13,16-18H,1-3,14-15H2,(H,33,34);1-10,15-17,28H,11-14H2,(H,33,34). The van der Waals surface area contributed by atoms with Gasteiger partial charge >= 0.3 is 11.9 Å². The number of rotatable bonds is 8. The van der Waals surface area contributed by atoms with E-state index >= 15 is 0 Å². The van der Waals surface area contributed by atoms with E-state index in [-0.39, 0.29) is 5.56 Å². The van der Waals surface area contributed by atoms with Gasteiger partial charge in [0.2, 0.25) is 0 Å². The van der Waals surface area contributed by atoms with Gasteiger partial charge in [0.05, 0.1) is 23.5 Å². The van der Waals surface area contributed by atoms with Gasteiger partial charge in [-0.05, 0) is 99.5 Å². The van der Waals surface area contributed by atoms with Crippen LogP contribution < -0.4 is 15.1 Å². The number of anilines is 2. The summed E-state index contributed by atoms with van der Waals surface area (Å²) in [4.78, 5) is 37.7. The van der Waals surface area contributed by atoms with Crippen LogP contribution in [0.1, 0.15) is 40.0 Å². The van der Waals surface area contributed by atoms with Gasteiger partial charge in [-0.1, -0.05) is 84.9 Å². The minimum absolute atomic E-state index is 0.287. The van der Waals surface area contributed by atoms with Crippen molar-refractivity contribution >= 4 is 56.2 Å². The maximum absolute atomic E-state index is 11.7. The summed E-state index contributed by atoms with van der Waals surface area (Å²) < 4.78 is 3.58. The van der Waals surface area contributed by atoms with E-state index in [1.54, 1.807) is 45.7 Å². The van der Waals surface area contributed by atoms with Crippen molar-refractivity contribution in [1.82, 2.24) is 34.5 Å². The lowest BCUT2D eigenvalue weighted by atomic mass is 9.97. The molecule has 2 fully saturated rings. The number of aromatic nitrogens is 6. The Morgan fingerprint density at radius 2 is 0.868 bits per heavy atom. The minimum Gasteiger partial charge on any atom is -0.478 e. The molecular weight excluding hydrogens is 851 g/mol. The summed E-state index contributed by atoms with van der Waals surface area (Å²) in [6, 6.07) is 39.4. The van der Waals surface area contributed by atoms with Gasteiger partial charge in [0.15, 0.2) is 11.3 Å². The molecular formula is C55H47N9O4. The fraction of sp³-hybridized carbons (Fsp3) is 0.164. The fourth-order valence-electron chi connectivity index (χ4n) is 9.69. The molecule has 12 rings (SSSR count). The molecule has 0 spiro atoms. The Balaban J connectivity index is 0.000000149. The van der Waals surface area contributed by atoms with E-state index < -0.39 is 11.9 Å². The molecule has 2 saturated heterocycles. The maximum atomic E-state index is 11.7. The average molecular weight is 898 g/mol. The second-order valence-electron chi connectivity index (χ2n) is 17.2. The van der Waals surface area contributed by atoms with Crippen molar-refractivity contribution in [2.24, 2.45) is 0 Å². The summed E-state index contributed by atoms with van der Waals surface area (Å²) in [7, 11) is 0. The van der Waals surface area contributed by atoms with Crippen LogP contribution in [-0.2, 0) is 0 Å². The van der Waals surface area contributed by atoms with Crippen molar-refractivity contribution in [3.8, 4) is 44.5 Å². The number of piperazine rings is 1. The molecule has 0 bridgehead atoms. The number of fused-ring (bicyclic) bond motifs is 4. The summed E-state index contributed by atoms with van der Waals surface area (Å²) in [6.45, 7) is 6.32. The molecule has 2 aliphatic heterocycles. The lowest BCUT2D eigenvalue weighted by Gasteiger charge is -2.29. The molecule has 6 aromatic carbocycles. The third-order valence-electron chi connectivity index (χ3n) is 13.2. The van der Waals surface area contributed by atoms with Crippen LogP contribution in [-0.4, -0.2) is 90.6 Å². The van der Waals surface area contributed by atoms with Gasteiger partial charge in [0.1, 0.15) is 0 Å². The lowest BCUT2D eigenvalue weighted by molar-refractivity contribution is 0.0688. The molecule has 0 aliphatic carbocycles. The van der Waals surface area contributed by atoms with Crippen molar-refractivity contribution in [2.45, 2.75) is 19.3 Å². The molecule has 0 unspecified atom stereocenters. The smallest absolute Gasteiger partial charge is 0.336 e. The first-order valence-corrected chi connectivity index (χ1v) is 23.0. The van der Waals surface area contributed by atoms with Crippen molar-refractivity contribution < 1.29 is 19.8 Å². The second kappa shape index (κ2) is 18.1. The van der Waals surface area contributed by atoms with Gasteiger partial charge in [-0.2, -0.15) is 10.2 Å². The zero-order chi connectivity index (χ0) is 46.1. The van der Waals surface area contributed by atoms with Gasteiger partial charge in [-0.25, -0.2) is 28.6 Å². The molecule has 6 heterocycles. The number of carboxylic acids is 2. The summed E-state index contributed by atoms with van der Waals surface area (Å²) in [5.41, 5.74) is 12.3. The first kappa shape index (κ1) is 42.2. The Kier molecular flexibility index (Phi) is 11.2. The number of nitrogens with one attached hydrogen (secondary N) is 1. The maximum Gasteiger partial charge on any atom is 0.336 e. The SMILES string of the molecule is O=C(O)c1cccc2c(-c3cnn4cc(-c5ccc(N6CCCCC6)cc5)cnc34)cccc12.O=C(O)c1cccc2c(-c3cnn4cc(-c5ccc(N6CCNCC6)cc5)cnc34)cccc12. The van der Waals surface area contributed by atoms with Crippen LogP contribution in [0.25, 0.3) is 77.3 Å². The molecule has 0 amide bonds. The van der Waals surface area contributed by atoms with Crippen LogP contribution in [0.3, 0.4) is 0 Å². The number of carbonyl (C=O) groups is 2. The van der Waals surface area contributed by atoms with Gasteiger partial charge in [-0.15, -0.1) is 0 Å². The zero-order valence-corrected chi connectivity index (χ0v) is 37.2. The van der Waals surface area contributed by atoms with Crippen LogP contribution in [0.5, 0.6) is 0 Å². The van der Waals surface area contributed by atoms with Crippen molar-refractivity contribution in [3.63, 3.8) is 0 Å². The molecule has 3 N–H and O–H groups in total. The van der Waals surface area contributed by atoms with E-state index in [1.165, 1.54) is 30.6 Å². The molecule has 0 atom stereocenters. The number of hydrogen-bond acceptors (Lipinski definition) is 9. The van der Waals surface area contributed by atoms with Crippen molar-refractivity contribution in [3.05, 3.63) is 170 Å². The number of carboxylic acid groups (broad SMARTS) is 2. The Labute approximate surface area is 391 Å². The van der Waals surface area contributed by atoms with Crippen LogP contribution in [0.2, 0.25) is 0 Å². The summed E-state index contributed by atoms with van der Waals surface area (Å²) in [5, 5.41) is 34.8. The highest BCUT2D eigenvalue weighted by Crippen LogP contribution is 2.35. The Hall–Kier alpha value is -8.42. The number of benzene rings is 6. The van der Waals surface area contributed by atoms with Crippen LogP contribution in [0.4, 0.5) is 11.4 Å². The fourth-order valence-corrected chi connectivity index (χ4v) is 9.69. The first-order valence-electron chi connectivity index (χ1n) is 23.0. The summed E-state index contributed by atoms with van der Waals surface area (Å²) in [6.07, 6.45) is 15.2. The number of nitrogens with zero attached hydrogens (tertiary/aromatic N) is 8. The molecule has 0 radical (unpaired) electrons. The van der Waals surface area contributed by atoms with Crippen LogP contribution >= 0.6 is 0 Å². The quantitative estimate of drug-likeness (QED) is 0.134. The second-order valence-corrected chi connectivity index (χ2v) is 17.2. The third kappa shape index (κ3) is 8.02. The van der Waals surface area contributed by atoms with E-state index in [0.29, 0.717) is 16.3 Å². The highest BCUT2D eigenvalue weighted by atomic mass is 16.4. The number of piperidine rings is 1. The van der Waals surface area contributed by atoms with E-state index in [1.807, 2.05) is 73.3 Å². The van der Waals surface area contributed by atoms with Gasteiger partial charge < -0.3 is 25.3 Å². The van der Waals surface area contributed by atoms with Gasteiger partial charge in [-0.3, -0.25) is 0 Å². The van der Waals surface area contributed by atoms with E-state index in [4.69, 9.17) is 9.97 Å². The zero-order valence-electron chi connectivity index (χ0n) is 37.2. The Bertz CT molecular complexity index is 3270. The Morgan fingerprint density at radius 1 is 0.441 bits per heavy atom. The highest BCUT2D eigenvalue weighted by molar-refractivity contribution is 6.10. The van der Waals surface area contributed by atoms with Crippen LogP contribution in [0.15, 0.2) is 159 Å². The Morgan fingerprint density at radius 3 is 1.32 bits per heavy atom. The van der Waals surface area contributed by atoms with E-state index in [2.05, 4.69) is 73.8 Å². The highest BCUT2D eigenvalue weighted by Gasteiger charge is 2.18. The van der Waals surface area contributed by atoms with E-state index in [0.717, 1.165) is 106 Å². The predicted octanol–water partition coefficient (Wildman–Crippen LogP) is 10.2. The van der Waals surface area contributed by atoms with Gasteiger partial charge in [0, 0.05) is 97.7 Å². The van der Waals surface area contributed by atoms with E-state index in [9.17, 15) is 19.8 Å². The molecule has 68 heavy (non-hydrogen) atoms. The minimum atomic E-state index is -0.937. The molecule has 4 aromatic heterocycles. The van der Waals surface area contributed by atoms with Crippen LogP contribution in [0, 0.1) is 0 Å². The molecule has 2 aliphatic rings. The number of aromatic carboxylic acids is 2. The molecule has 10 aromatic rings. The normalized spacial score (nSPS) is 14.1.